The van der Waals surface area contributed by atoms with E-state index < -0.39 is 12.0 Å². The predicted octanol–water partition coefficient (Wildman–Crippen LogP) is 0.935. The maximum Gasteiger partial charge on any atom is 0.325 e. The summed E-state index contributed by atoms with van der Waals surface area (Å²) in [6, 6.07) is 2.10. The molecule has 0 aliphatic carbocycles. The van der Waals surface area contributed by atoms with Crippen molar-refractivity contribution in [2.24, 2.45) is 5.73 Å². The fourth-order valence-electron chi connectivity index (χ4n) is 1.68. The number of hydrogen-bond donors (Lipinski definition) is 2. The van der Waals surface area contributed by atoms with E-state index in [-0.39, 0.29) is 6.61 Å². The molecule has 0 fully saturated rings. The smallest absolute Gasteiger partial charge is 0.325 e. The van der Waals surface area contributed by atoms with Crippen LogP contribution in [0.1, 0.15) is 17.2 Å². The molecular weight excluding hydrogens is 238 g/mol. The summed E-state index contributed by atoms with van der Waals surface area (Å²) in [6.07, 6.45) is 0. The molecule has 3 N–H and O–H groups in total. The van der Waals surface area contributed by atoms with Crippen LogP contribution in [-0.2, 0) is 16.1 Å². The van der Waals surface area contributed by atoms with Gasteiger partial charge in [0, 0.05) is 18.2 Å². The normalized spacial score (nSPS) is 12.0. The number of nitrogens with two attached hydrogens (primary N) is 1. The second-order valence-corrected chi connectivity index (χ2v) is 3.66. The molecule has 1 aromatic rings. The van der Waals surface area contributed by atoms with Crippen LogP contribution in [0.4, 0.5) is 0 Å². The van der Waals surface area contributed by atoms with Crippen molar-refractivity contribution in [3.05, 3.63) is 23.3 Å². The molecule has 6 heteroatoms. The van der Waals surface area contributed by atoms with Gasteiger partial charge < -0.3 is 25.1 Å². The summed E-state index contributed by atoms with van der Waals surface area (Å²) in [7, 11) is 4.49. The lowest BCUT2D eigenvalue weighted by Gasteiger charge is -2.17. The van der Waals surface area contributed by atoms with E-state index in [1.165, 1.54) is 21.3 Å². The second-order valence-electron chi connectivity index (χ2n) is 3.66. The zero-order valence-electron chi connectivity index (χ0n) is 10.6. The van der Waals surface area contributed by atoms with E-state index >= 15 is 0 Å². The van der Waals surface area contributed by atoms with E-state index in [0.717, 1.165) is 0 Å². The van der Waals surface area contributed by atoms with Crippen molar-refractivity contribution >= 4 is 5.97 Å². The van der Waals surface area contributed by atoms with Gasteiger partial charge in [-0.05, 0) is 12.1 Å². The number of carbonyl (C=O) groups is 1. The minimum Gasteiger partial charge on any atom is -0.497 e. The molecule has 1 aromatic carbocycles. The van der Waals surface area contributed by atoms with E-state index in [4.69, 9.17) is 25.1 Å². The number of methoxy groups -OCH3 is 3. The molecule has 0 amide bonds. The van der Waals surface area contributed by atoms with Crippen LogP contribution in [0, 0.1) is 0 Å². The van der Waals surface area contributed by atoms with Gasteiger partial charge in [-0.25, -0.2) is 0 Å². The number of aliphatic carboxylic acids is 1. The van der Waals surface area contributed by atoms with Gasteiger partial charge in [0.2, 0.25) is 0 Å². The molecule has 1 unspecified atom stereocenters. The van der Waals surface area contributed by atoms with Crippen LogP contribution in [0.25, 0.3) is 0 Å². The summed E-state index contributed by atoms with van der Waals surface area (Å²) in [4.78, 5) is 11.0. The highest BCUT2D eigenvalue weighted by Gasteiger charge is 2.22. The molecule has 1 rings (SSSR count). The lowest BCUT2D eigenvalue weighted by atomic mass is 10.0. The van der Waals surface area contributed by atoms with Crippen molar-refractivity contribution in [2.75, 3.05) is 21.3 Å². The zero-order chi connectivity index (χ0) is 13.7. The summed E-state index contributed by atoms with van der Waals surface area (Å²) < 4.78 is 15.4. The summed E-state index contributed by atoms with van der Waals surface area (Å²) in [5.41, 5.74) is 6.67. The third kappa shape index (κ3) is 2.91. The summed E-state index contributed by atoms with van der Waals surface area (Å²) in [5.74, 6) is -0.216. The average Bonchev–Trinajstić information content (AvgIpc) is 2.37. The lowest BCUT2D eigenvalue weighted by molar-refractivity contribution is -0.138. The Morgan fingerprint density at radius 1 is 1.33 bits per heavy atom. The molecule has 100 valence electrons. The zero-order valence-corrected chi connectivity index (χ0v) is 10.6. The van der Waals surface area contributed by atoms with Crippen molar-refractivity contribution in [3.8, 4) is 11.5 Å². The van der Waals surface area contributed by atoms with E-state index in [2.05, 4.69) is 0 Å². The summed E-state index contributed by atoms with van der Waals surface area (Å²) in [6.45, 7) is 0.277. The molecule has 0 heterocycles. The molecule has 0 aliphatic heterocycles. The topological polar surface area (TPSA) is 91.0 Å². The summed E-state index contributed by atoms with van der Waals surface area (Å²) >= 11 is 0. The van der Waals surface area contributed by atoms with Crippen LogP contribution in [-0.4, -0.2) is 32.4 Å². The lowest BCUT2D eigenvalue weighted by Crippen LogP contribution is -2.22. The van der Waals surface area contributed by atoms with Crippen LogP contribution in [0.15, 0.2) is 12.1 Å². The summed E-state index contributed by atoms with van der Waals surface area (Å²) in [5, 5.41) is 8.99. The molecule has 0 spiro atoms. The van der Waals surface area contributed by atoms with Crippen LogP contribution in [0.2, 0.25) is 0 Å². The predicted molar refractivity (Wildman–Crippen MR) is 64.8 cm³/mol. The highest BCUT2D eigenvalue weighted by Crippen LogP contribution is 2.33. The molecule has 0 bridgehead atoms. The first-order chi connectivity index (χ1) is 8.54. The molecular formula is C12H17NO5. The Balaban J connectivity index is 3.36. The molecule has 0 radical (unpaired) electrons. The molecule has 0 saturated carbocycles. The van der Waals surface area contributed by atoms with Gasteiger partial charge in [0.05, 0.1) is 20.8 Å². The van der Waals surface area contributed by atoms with Crippen molar-refractivity contribution in [1.29, 1.82) is 0 Å². The average molecular weight is 255 g/mol. The highest BCUT2D eigenvalue weighted by atomic mass is 16.5. The number of carboxylic acids is 1. The van der Waals surface area contributed by atoms with Gasteiger partial charge in [-0.3, -0.25) is 4.79 Å². The first-order valence-electron chi connectivity index (χ1n) is 5.27. The number of ether oxygens (including phenoxy) is 3. The van der Waals surface area contributed by atoms with Gasteiger partial charge in [-0.2, -0.15) is 0 Å². The van der Waals surface area contributed by atoms with Crippen LogP contribution in [0.3, 0.4) is 0 Å². The number of benzene rings is 1. The Bertz CT molecular complexity index is 433. The van der Waals surface area contributed by atoms with E-state index in [9.17, 15) is 4.79 Å². The standard InChI is InChI=1S/C12H17NO5/c1-16-6-7-4-8(17-2)5-9(11(7)18-3)10(13)12(14)15/h4-5,10H,6,13H2,1-3H3,(H,14,15). The fourth-order valence-corrected chi connectivity index (χ4v) is 1.68. The van der Waals surface area contributed by atoms with Gasteiger partial charge >= 0.3 is 5.97 Å². The largest absolute Gasteiger partial charge is 0.497 e. The molecule has 0 aromatic heterocycles. The van der Waals surface area contributed by atoms with E-state index in [1.54, 1.807) is 12.1 Å². The van der Waals surface area contributed by atoms with Gasteiger partial charge in [0.25, 0.3) is 0 Å². The molecule has 6 nitrogen and oxygen atoms in total. The third-order valence-electron chi connectivity index (χ3n) is 2.51. The monoisotopic (exact) mass is 255 g/mol. The Kier molecular flexibility index (Phi) is 4.94. The van der Waals surface area contributed by atoms with Crippen LogP contribution >= 0.6 is 0 Å². The van der Waals surface area contributed by atoms with Gasteiger partial charge in [-0.15, -0.1) is 0 Å². The molecule has 18 heavy (non-hydrogen) atoms. The van der Waals surface area contributed by atoms with E-state index in [0.29, 0.717) is 22.6 Å². The quantitative estimate of drug-likeness (QED) is 0.786. The second kappa shape index (κ2) is 6.23. The van der Waals surface area contributed by atoms with Gasteiger partial charge in [0.1, 0.15) is 17.5 Å². The third-order valence-corrected chi connectivity index (χ3v) is 2.51. The van der Waals surface area contributed by atoms with Gasteiger partial charge in [-0.1, -0.05) is 0 Å². The van der Waals surface area contributed by atoms with E-state index in [1.807, 2.05) is 0 Å². The SMILES string of the molecule is COCc1cc(OC)cc(C(N)C(=O)O)c1OC. The van der Waals surface area contributed by atoms with Crippen LogP contribution < -0.4 is 15.2 Å². The minimum absolute atomic E-state index is 0.277. The van der Waals surface area contributed by atoms with Crippen molar-refractivity contribution in [3.63, 3.8) is 0 Å². The Morgan fingerprint density at radius 3 is 2.44 bits per heavy atom. The van der Waals surface area contributed by atoms with Crippen molar-refractivity contribution < 1.29 is 24.1 Å². The number of rotatable bonds is 6. The Hall–Kier alpha value is -1.79. The maximum absolute atomic E-state index is 11.0. The van der Waals surface area contributed by atoms with Gasteiger partial charge in [0.15, 0.2) is 0 Å². The first kappa shape index (κ1) is 14.3. The molecule has 1 atom stereocenters. The molecule has 0 aliphatic rings. The maximum atomic E-state index is 11.0. The minimum atomic E-state index is -1.18. The van der Waals surface area contributed by atoms with Crippen LogP contribution in [0.5, 0.6) is 11.5 Å². The Morgan fingerprint density at radius 2 is 2.00 bits per heavy atom. The fraction of sp³-hybridized carbons (Fsp3) is 0.417. The number of carboxylic acid groups (broad SMARTS) is 1. The Labute approximate surface area is 105 Å². The highest BCUT2D eigenvalue weighted by molar-refractivity contribution is 5.77. The van der Waals surface area contributed by atoms with Crippen molar-refractivity contribution in [2.45, 2.75) is 12.6 Å². The molecule has 0 saturated heterocycles. The first-order valence-corrected chi connectivity index (χ1v) is 5.27. The number of hydrogen-bond acceptors (Lipinski definition) is 5. The van der Waals surface area contributed by atoms with Crippen molar-refractivity contribution in [1.82, 2.24) is 0 Å².